The number of hydrogen-bond acceptors (Lipinski definition) is 2. The van der Waals surface area contributed by atoms with E-state index in [0.29, 0.717) is 0 Å². The van der Waals surface area contributed by atoms with Crippen molar-refractivity contribution in [1.82, 2.24) is 0 Å². The van der Waals surface area contributed by atoms with Crippen LogP contribution in [0.1, 0.15) is 38.7 Å². The standard InChI is InChI=1S/C14H17BrO2/c1-4-13(14(9(2)16)10(3)17)11-5-7-12(15)8-6-11/h5-8,13-14H,4H2,1-3H3. The zero-order chi connectivity index (χ0) is 13.0. The third-order valence-corrected chi connectivity index (χ3v) is 3.54. The van der Waals surface area contributed by atoms with E-state index < -0.39 is 5.92 Å². The molecule has 0 aliphatic rings. The van der Waals surface area contributed by atoms with E-state index in [1.54, 1.807) is 0 Å². The Bertz CT molecular complexity index is 395. The van der Waals surface area contributed by atoms with Crippen LogP contribution in [-0.4, -0.2) is 11.6 Å². The smallest absolute Gasteiger partial charge is 0.140 e. The Balaban J connectivity index is 3.08. The van der Waals surface area contributed by atoms with Gasteiger partial charge in [-0.05, 0) is 38.0 Å². The number of benzene rings is 1. The van der Waals surface area contributed by atoms with Crippen LogP contribution >= 0.6 is 15.9 Å². The lowest BCUT2D eigenvalue weighted by Crippen LogP contribution is -2.26. The molecule has 1 atom stereocenters. The summed E-state index contributed by atoms with van der Waals surface area (Å²) < 4.78 is 0.998. The summed E-state index contributed by atoms with van der Waals surface area (Å²) in [4.78, 5) is 23.2. The molecule has 0 spiro atoms. The first-order valence-corrected chi connectivity index (χ1v) is 6.53. The van der Waals surface area contributed by atoms with E-state index in [4.69, 9.17) is 0 Å². The SMILES string of the molecule is CCC(c1ccc(Br)cc1)C(C(C)=O)C(C)=O. The monoisotopic (exact) mass is 296 g/mol. The van der Waals surface area contributed by atoms with Crippen molar-refractivity contribution in [1.29, 1.82) is 0 Å². The van der Waals surface area contributed by atoms with Crippen molar-refractivity contribution in [2.24, 2.45) is 5.92 Å². The number of Topliss-reactive ketones (excluding diaryl/α,β-unsaturated/α-hetero) is 2. The Morgan fingerprint density at radius 3 is 1.94 bits per heavy atom. The molecule has 0 heterocycles. The quantitative estimate of drug-likeness (QED) is 0.776. The molecule has 0 aliphatic heterocycles. The Morgan fingerprint density at radius 2 is 1.59 bits per heavy atom. The van der Waals surface area contributed by atoms with Crippen molar-refractivity contribution in [2.75, 3.05) is 0 Å². The average molecular weight is 297 g/mol. The summed E-state index contributed by atoms with van der Waals surface area (Å²) in [6.07, 6.45) is 0.783. The van der Waals surface area contributed by atoms with Gasteiger partial charge in [-0.15, -0.1) is 0 Å². The highest BCUT2D eigenvalue weighted by atomic mass is 79.9. The summed E-state index contributed by atoms with van der Waals surface area (Å²) in [6, 6.07) is 7.82. The predicted octanol–water partition coefficient (Wildman–Crippen LogP) is 3.74. The van der Waals surface area contributed by atoms with Gasteiger partial charge in [-0.3, -0.25) is 9.59 Å². The normalized spacial score (nSPS) is 12.5. The molecular weight excluding hydrogens is 280 g/mol. The van der Waals surface area contributed by atoms with Crippen LogP contribution in [0, 0.1) is 5.92 Å². The van der Waals surface area contributed by atoms with Crippen molar-refractivity contribution < 1.29 is 9.59 Å². The van der Waals surface area contributed by atoms with Crippen molar-refractivity contribution in [3.8, 4) is 0 Å². The topological polar surface area (TPSA) is 34.1 Å². The summed E-state index contributed by atoms with van der Waals surface area (Å²) in [6.45, 7) is 4.99. The molecule has 1 aromatic carbocycles. The van der Waals surface area contributed by atoms with E-state index in [0.717, 1.165) is 16.5 Å². The van der Waals surface area contributed by atoms with Crippen molar-refractivity contribution in [3.63, 3.8) is 0 Å². The van der Waals surface area contributed by atoms with Gasteiger partial charge in [-0.2, -0.15) is 0 Å². The Hall–Kier alpha value is -0.960. The molecule has 0 saturated heterocycles. The van der Waals surface area contributed by atoms with Gasteiger partial charge in [0, 0.05) is 10.4 Å². The van der Waals surface area contributed by atoms with Gasteiger partial charge in [0.25, 0.3) is 0 Å². The Morgan fingerprint density at radius 1 is 1.12 bits per heavy atom. The number of ketones is 2. The van der Waals surface area contributed by atoms with E-state index in [1.165, 1.54) is 13.8 Å². The minimum atomic E-state index is -0.513. The second kappa shape index (κ2) is 6.10. The molecular formula is C14H17BrO2. The first kappa shape index (κ1) is 14.1. The minimum absolute atomic E-state index is 0.0156. The number of carbonyl (C=O) groups is 2. The zero-order valence-electron chi connectivity index (χ0n) is 10.4. The molecule has 2 nitrogen and oxygen atoms in total. The fourth-order valence-electron chi connectivity index (χ4n) is 2.23. The fraction of sp³-hybridized carbons (Fsp3) is 0.429. The van der Waals surface area contributed by atoms with Crippen molar-refractivity contribution >= 4 is 27.5 Å². The Kier molecular flexibility index (Phi) is 5.06. The second-order valence-corrected chi connectivity index (χ2v) is 5.18. The van der Waals surface area contributed by atoms with Gasteiger partial charge in [0.2, 0.25) is 0 Å². The van der Waals surface area contributed by atoms with Crippen LogP contribution in [0.15, 0.2) is 28.7 Å². The van der Waals surface area contributed by atoms with E-state index in [9.17, 15) is 9.59 Å². The summed E-state index contributed by atoms with van der Waals surface area (Å²) >= 11 is 3.38. The lowest BCUT2D eigenvalue weighted by Gasteiger charge is -2.22. The predicted molar refractivity (Wildman–Crippen MR) is 72.0 cm³/mol. The summed E-state index contributed by atoms with van der Waals surface area (Å²) in [7, 11) is 0. The summed E-state index contributed by atoms with van der Waals surface area (Å²) in [5.41, 5.74) is 1.05. The van der Waals surface area contributed by atoms with E-state index in [1.807, 2.05) is 31.2 Å². The van der Waals surface area contributed by atoms with Crippen LogP contribution in [0.4, 0.5) is 0 Å². The molecule has 1 rings (SSSR count). The zero-order valence-corrected chi connectivity index (χ0v) is 12.0. The van der Waals surface area contributed by atoms with Crippen LogP contribution in [-0.2, 0) is 9.59 Å². The van der Waals surface area contributed by atoms with E-state index >= 15 is 0 Å². The molecule has 0 radical (unpaired) electrons. The van der Waals surface area contributed by atoms with E-state index in [2.05, 4.69) is 15.9 Å². The van der Waals surface area contributed by atoms with Crippen LogP contribution in [0.2, 0.25) is 0 Å². The van der Waals surface area contributed by atoms with Crippen molar-refractivity contribution in [2.45, 2.75) is 33.1 Å². The van der Waals surface area contributed by atoms with Gasteiger partial charge in [0.15, 0.2) is 0 Å². The Labute approximate surface area is 111 Å². The first-order chi connectivity index (χ1) is 7.97. The number of carbonyl (C=O) groups excluding carboxylic acids is 2. The van der Waals surface area contributed by atoms with Crippen LogP contribution < -0.4 is 0 Å². The molecule has 0 saturated carbocycles. The molecule has 0 fully saturated rings. The highest BCUT2D eigenvalue weighted by Crippen LogP contribution is 2.30. The summed E-state index contributed by atoms with van der Waals surface area (Å²) in [5.74, 6) is -0.626. The molecule has 0 aliphatic carbocycles. The van der Waals surface area contributed by atoms with E-state index in [-0.39, 0.29) is 17.5 Å². The van der Waals surface area contributed by atoms with Crippen molar-refractivity contribution in [3.05, 3.63) is 34.3 Å². The minimum Gasteiger partial charge on any atom is -0.299 e. The molecule has 3 heteroatoms. The molecule has 1 aromatic rings. The van der Waals surface area contributed by atoms with Crippen LogP contribution in [0.5, 0.6) is 0 Å². The van der Waals surface area contributed by atoms with Gasteiger partial charge in [-0.25, -0.2) is 0 Å². The lowest BCUT2D eigenvalue weighted by molar-refractivity contribution is -0.131. The maximum Gasteiger partial charge on any atom is 0.140 e. The number of halogens is 1. The average Bonchev–Trinajstić information content (AvgIpc) is 2.26. The fourth-order valence-corrected chi connectivity index (χ4v) is 2.49. The third-order valence-electron chi connectivity index (χ3n) is 3.02. The molecule has 0 amide bonds. The molecule has 0 bridgehead atoms. The largest absolute Gasteiger partial charge is 0.299 e. The van der Waals surface area contributed by atoms with Crippen LogP contribution in [0.3, 0.4) is 0 Å². The van der Waals surface area contributed by atoms with Gasteiger partial charge in [0.05, 0.1) is 5.92 Å². The van der Waals surface area contributed by atoms with Gasteiger partial charge in [0.1, 0.15) is 11.6 Å². The molecule has 0 N–H and O–H groups in total. The number of hydrogen-bond donors (Lipinski definition) is 0. The highest BCUT2D eigenvalue weighted by Gasteiger charge is 2.29. The van der Waals surface area contributed by atoms with Gasteiger partial charge < -0.3 is 0 Å². The maximum atomic E-state index is 11.6. The molecule has 92 valence electrons. The number of rotatable bonds is 5. The molecule has 0 aromatic heterocycles. The van der Waals surface area contributed by atoms with Crippen LogP contribution in [0.25, 0.3) is 0 Å². The first-order valence-electron chi connectivity index (χ1n) is 5.73. The molecule has 1 unspecified atom stereocenters. The lowest BCUT2D eigenvalue weighted by atomic mass is 9.80. The second-order valence-electron chi connectivity index (χ2n) is 4.27. The third kappa shape index (κ3) is 3.50. The highest BCUT2D eigenvalue weighted by molar-refractivity contribution is 9.10. The molecule has 17 heavy (non-hydrogen) atoms. The maximum absolute atomic E-state index is 11.6. The van der Waals surface area contributed by atoms with Gasteiger partial charge >= 0.3 is 0 Å². The summed E-state index contributed by atoms with van der Waals surface area (Å²) in [5, 5.41) is 0. The van der Waals surface area contributed by atoms with Gasteiger partial charge in [-0.1, -0.05) is 35.0 Å².